The van der Waals surface area contributed by atoms with Gasteiger partial charge in [0.2, 0.25) is 10.0 Å². The van der Waals surface area contributed by atoms with Gasteiger partial charge in [-0.25, -0.2) is 17.6 Å². The number of benzene rings is 1. The lowest BCUT2D eigenvalue weighted by atomic mass is 10.2. The molecule has 2 rings (SSSR count). The number of ether oxygens (including phenoxy) is 1. The van der Waals surface area contributed by atoms with Gasteiger partial charge in [0.1, 0.15) is 5.82 Å². The van der Waals surface area contributed by atoms with Gasteiger partial charge in [0.05, 0.1) is 23.6 Å². The maximum Gasteiger partial charge on any atom is 0.334 e. The van der Waals surface area contributed by atoms with Crippen LogP contribution in [-0.4, -0.2) is 43.5 Å². The number of esters is 1. The summed E-state index contributed by atoms with van der Waals surface area (Å²) in [5.41, 5.74) is -0.102. The molecule has 1 aliphatic heterocycles. The molecule has 1 fully saturated rings. The zero-order valence-electron chi connectivity index (χ0n) is 10.9. The average molecular weight is 330 g/mol. The van der Waals surface area contributed by atoms with E-state index in [4.69, 9.17) is 5.26 Å². The van der Waals surface area contributed by atoms with Gasteiger partial charge in [-0.15, -0.1) is 11.8 Å². The molecule has 0 saturated carbocycles. The zero-order chi connectivity index (χ0) is 15.6. The van der Waals surface area contributed by atoms with E-state index in [9.17, 15) is 17.6 Å². The van der Waals surface area contributed by atoms with Crippen molar-refractivity contribution in [2.45, 2.75) is 10.3 Å². The number of rotatable bonds is 3. The van der Waals surface area contributed by atoms with Crippen LogP contribution in [0.15, 0.2) is 23.1 Å². The minimum atomic E-state index is -4.08. The van der Waals surface area contributed by atoms with Crippen molar-refractivity contribution in [3.63, 3.8) is 0 Å². The molecule has 0 amide bonds. The Morgan fingerprint density at radius 1 is 1.52 bits per heavy atom. The molecule has 1 aromatic carbocycles. The van der Waals surface area contributed by atoms with E-state index >= 15 is 0 Å². The summed E-state index contributed by atoms with van der Waals surface area (Å²) < 4.78 is 44.0. The molecule has 1 heterocycles. The van der Waals surface area contributed by atoms with Crippen LogP contribution in [-0.2, 0) is 19.6 Å². The second-order valence-electron chi connectivity index (χ2n) is 4.15. The van der Waals surface area contributed by atoms with Gasteiger partial charge in [0.15, 0.2) is 5.37 Å². The first-order valence-corrected chi connectivity index (χ1v) is 8.31. The molecule has 1 atom stereocenters. The van der Waals surface area contributed by atoms with Gasteiger partial charge in [-0.1, -0.05) is 0 Å². The number of carbonyl (C=O) groups excluding carboxylic acids is 1. The average Bonchev–Trinajstić information content (AvgIpc) is 2.95. The zero-order valence-corrected chi connectivity index (χ0v) is 12.6. The number of thioether (sulfide) groups is 1. The second kappa shape index (κ2) is 6.01. The lowest BCUT2D eigenvalue weighted by Gasteiger charge is -2.21. The van der Waals surface area contributed by atoms with Crippen molar-refractivity contribution in [2.75, 3.05) is 19.4 Å². The summed E-state index contributed by atoms with van der Waals surface area (Å²) >= 11 is 1.13. The minimum absolute atomic E-state index is 0.102. The van der Waals surface area contributed by atoms with Gasteiger partial charge in [-0.2, -0.15) is 9.57 Å². The predicted octanol–water partition coefficient (Wildman–Crippen LogP) is 0.934. The molecule has 0 aromatic heterocycles. The molecule has 1 saturated heterocycles. The van der Waals surface area contributed by atoms with Crippen LogP contribution < -0.4 is 0 Å². The Bertz CT molecular complexity index is 714. The molecule has 6 nitrogen and oxygen atoms in total. The third-order valence-corrected chi connectivity index (χ3v) is 6.02. The Balaban J connectivity index is 2.45. The highest BCUT2D eigenvalue weighted by Crippen LogP contribution is 2.31. The SMILES string of the molecule is COC(=O)C1SCCN1S(=O)(=O)c1cc(F)cc(C#N)c1. The largest absolute Gasteiger partial charge is 0.467 e. The lowest BCUT2D eigenvalue weighted by molar-refractivity contribution is -0.141. The summed E-state index contributed by atoms with van der Waals surface area (Å²) in [6.07, 6.45) is 0. The monoisotopic (exact) mass is 330 g/mol. The summed E-state index contributed by atoms with van der Waals surface area (Å²) in [6.45, 7) is 0.116. The van der Waals surface area contributed by atoms with Crippen LogP contribution in [0.5, 0.6) is 0 Å². The minimum Gasteiger partial charge on any atom is -0.467 e. The molecule has 1 unspecified atom stereocenters. The van der Waals surface area contributed by atoms with Crippen LogP contribution in [0.2, 0.25) is 0 Å². The fraction of sp³-hybridized carbons (Fsp3) is 0.333. The maximum atomic E-state index is 13.4. The van der Waals surface area contributed by atoms with Crippen molar-refractivity contribution in [3.8, 4) is 6.07 Å². The molecule has 9 heteroatoms. The number of carbonyl (C=O) groups is 1. The number of methoxy groups -OCH3 is 1. The first-order chi connectivity index (χ1) is 9.90. The van der Waals surface area contributed by atoms with Crippen molar-refractivity contribution in [3.05, 3.63) is 29.6 Å². The topological polar surface area (TPSA) is 87.5 Å². The van der Waals surface area contributed by atoms with Crippen LogP contribution in [0.4, 0.5) is 4.39 Å². The molecular formula is C12H11FN2O4S2. The van der Waals surface area contributed by atoms with E-state index in [1.807, 2.05) is 0 Å². The quantitative estimate of drug-likeness (QED) is 0.766. The van der Waals surface area contributed by atoms with Gasteiger partial charge in [0.25, 0.3) is 0 Å². The highest BCUT2D eigenvalue weighted by Gasteiger charge is 2.41. The summed E-state index contributed by atoms with van der Waals surface area (Å²) in [5.74, 6) is -1.08. The van der Waals surface area contributed by atoms with Gasteiger partial charge >= 0.3 is 5.97 Å². The predicted molar refractivity (Wildman–Crippen MR) is 73.3 cm³/mol. The Kier molecular flexibility index (Phi) is 4.51. The molecule has 0 spiro atoms. The fourth-order valence-electron chi connectivity index (χ4n) is 1.90. The van der Waals surface area contributed by atoms with Crippen molar-refractivity contribution in [1.29, 1.82) is 5.26 Å². The number of sulfonamides is 1. The van der Waals surface area contributed by atoms with E-state index in [1.165, 1.54) is 7.11 Å². The standard InChI is InChI=1S/C12H11FN2O4S2/c1-19-12(16)11-15(2-3-20-11)21(17,18)10-5-8(7-14)4-9(13)6-10/h4-6,11H,2-3H2,1H3. The first kappa shape index (κ1) is 15.8. The van der Waals surface area contributed by atoms with Gasteiger partial charge < -0.3 is 4.74 Å². The highest BCUT2D eigenvalue weighted by molar-refractivity contribution is 8.02. The van der Waals surface area contributed by atoms with E-state index < -0.39 is 27.2 Å². The van der Waals surface area contributed by atoms with E-state index in [0.29, 0.717) is 5.75 Å². The molecule has 0 aliphatic carbocycles. The number of hydrogen-bond donors (Lipinski definition) is 0. The van der Waals surface area contributed by atoms with E-state index in [1.54, 1.807) is 6.07 Å². The molecule has 0 radical (unpaired) electrons. The molecular weight excluding hydrogens is 319 g/mol. The van der Waals surface area contributed by atoms with Gasteiger partial charge in [-0.3, -0.25) is 0 Å². The number of nitriles is 1. The van der Waals surface area contributed by atoms with Crippen LogP contribution >= 0.6 is 11.8 Å². The molecule has 112 valence electrons. The fourth-order valence-corrected chi connectivity index (χ4v) is 5.04. The molecule has 21 heavy (non-hydrogen) atoms. The third-order valence-electron chi connectivity index (χ3n) is 2.86. The van der Waals surface area contributed by atoms with Crippen LogP contribution in [0, 0.1) is 17.1 Å². The smallest absolute Gasteiger partial charge is 0.334 e. The van der Waals surface area contributed by atoms with Gasteiger partial charge in [0, 0.05) is 12.3 Å². The molecule has 0 bridgehead atoms. The summed E-state index contributed by atoms with van der Waals surface area (Å²) in [5, 5.41) is 7.80. The number of hydrogen-bond acceptors (Lipinski definition) is 6. The Hall–Kier alpha value is -1.63. The number of halogens is 1. The molecule has 1 aromatic rings. The third kappa shape index (κ3) is 3.02. The first-order valence-electron chi connectivity index (χ1n) is 5.82. The normalized spacial score (nSPS) is 19.2. The van der Waals surface area contributed by atoms with E-state index in [0.717, 1.165) is 34.3 Å². The van der Waals surface area contributed by atoms with Crippen LogP contribution in [0.25, 0.3) is 0 Å². The highest BCUT2D eigenvalue weighted by atomic mass is 32.2. The van der Waals surface area contributed by atoms with Crippen LogP contribution in [0.3, 0.4) is 0 Å². The van der Waals surface area contributed by atoms with E-state index in [2.05, 4.69) is 4.74 Å². The number of nitrogens with zero attached hydrogens (tertiary/aromatic N) is 2. The molecule has 0 N–H and O–H groups in total. The Morgan fingerprint density at radius 2 is 2.24 bits per heavy atom. The van der Waals surface area contributed by atoms with Crippen molar-refractivity contribution in [2.24, 2.45) is 0 Å². The van der Waals surface area contributed by atoms with Crippen LogP contribution in [0.1, 0.15) is 5.56 Å². The Labute approximate surface area is 125 Å². The summed E-state index contributed by atoms with van der Waals surface area (Å²) in [7, 11) is -2.91. The second-order valence-corrected chi connectivity index (χ2v) is 7.23. The van der Waals surface area contributed by atoms with Crippen molar-refractivity contribution < 1.29 is 22.3 Å². The Morgan fingerprint density at radius 3 is 2.86 bits per heavy atom. The van der Waals surface area contributed by atoms with E-state index in [-0.39, 0.29) is 17.0 Å². The summed E-state index contributed by atoms with van der Waals surface area (Å²) in [4.78, 5) is 11.3. The van der Waals surface area contributed by atoms with Gasteiger partial charge in [-0.05, 0) is 18.2 Å². The summed E-state index contributed by atoms with van der Waals surface area (Å²) in [6, 6.07) is 4.54. The van der Waals surface area contributed by atoms with Crippen molar-refractivity contribution >= 4 is 27.8 Å². The lowest BCUT2D eigenvalue weighted by Crippen LogP contribution is -2.40. The maximum absolute atomic E-state index is 13.4. The van der Waals surface area contributed by atoms with Crippen molar-refractivity contribution in [1.82, 2.24) is 4.31 Å². The molecule has 1 aliphatic rings.